The highest BCUT2D eigenvalue weighted by Gasteiger charge is 2.44. The standard InChI is InChI=1S/C15H25BrO3/c1-9(2)12(17)15(6,7)14(4,5)8-11(10(3)16)13(18)19/h9H,8H2,1-7H3,(H,18,19)/b11-10+. The smallest absolute Gasteiger partial charge is 0.332 e. The number of allylic oxidation sites excluding steroid dienone is 1. The van der Waals surface area contributed by atoms with Crippen LogP contribution in [0.25, 0.3) is 0 Å². The number of halogens is 1. The SMILES string of the molecule is C/C(Br)=C(/CC(C)(C)C(C)(C)C(=O)C(C)C)C(=O)O. The monoisotopic (exact) mass is 332 g/mol. The van der Waals surface area contributed by atoms with Crippen LogP contribution in [0.3, 0.4) is 0 Å². The number of ketones is 1. The Morgan fingerprint density at radius 3 is 1.84 bits per heavy atom. The number of carboxylic acid groups (broad SMARTS) is 1. The molecule has 0 aliphatic carbocycles. The summed E-state index contributed by atoms with van der Waals surface area (Å²) in [6.07, 6.45) is 0.352. The maximum atomic E-state index is 12.4. The van der Waals surface area contributed by atoms with E-state index in [0.717, 1.165) is 0 Å². The van der Waals surface area contributed by atoms with E-state index in [1.165, 1.54) is 0 Å². The summed E-state index contributed by atoms with van der Waals surface area (Å²) in [5, 5.41) is 9.25. The van der Waals surface area contributed by atoms with Gasteiger partial charge in [0.15, 0.2) is 0 Å². The van der Waals surface area contributed by atoms with Crippen LogP contribution in [0.4, 0.5) is 0 Å². The molecule has 0 heterocycles. The van der Waals surface area contributed by atoms with Crippen LogP contribution >= 0.6 is 15.9 Å². The summed E-state index contributed by atoms with van der Waals surface area (Å²) in [5.41, 5.74) is -0.684. The molecule has 0 aliphatic heterocycles. The first kappa shape index (κ1) is 18.4. The van der Waals surface area contributed by atoms with E-state index in [0.29, 0.717) is 16.5 Å². The van der Waals surface area contributed by atoms with Crippen LogP contribution in [0.5, 0.6) is 0 Å². The molecule has 0 amide bonds. The molecule has 4 heteroatoms. The zero-order valence-corrected chi connectivity index (χ0v) is 14.5. The molecule has 0 atom stereocenters. The van der Waals surface area contributed by atoms with Gasteiger partial charge in [-0.25, -0.2) is 4.79 Å². The molecular formula is C15H25BrO3. The Morgan fingerprint density at radius 1 is 1.16 bits per heavy atom. The first-order valence-electron chi connectivity index (χ1n) is 6.47. The Labute approximate surface area is 124 Å². The molecule has 0 saturated heterocycles. The van der Waals surface area contributed by atoms with Crippen LogP contribution in [0.2, 0.25) is 0 Å². The van der Waals surface area contributed by atoms with Crippen molar-refractivity contribution in [3.63, 3.8) is 0 Å². The Kier molecular flexibility index (Phi) is 6.00. The lowest BCUT2D eigenvalue weighted by Crippen LogP contribution is -2.42. The number of Topliss-reactive ketones (excluding diaryl/α,β-unsaturated/α-hetero) is 1. The van der Waals surface area contributed by atoms with E-state index >= 15 is 0 Å². The summed E-state index contributed by atoms with van der Waals surface area (Å²) in [5.74, 6) is -0.832. The quantitative estimate of drug-likeness (QED) is 0.733. The highest BCUT2D eigenvalue weighted by molar-refractivity contribution is 9.11. The van der Waals surface area contributed by atoms with Gasteiger partial charge in [0.25, 0.3) is 0 Å². The fourth-order valence-corrected chi connectivity index (χ4v) is 2.37. The highest BCUT2D eigenvalue weighted by atomic mass is 79.9. The number of rotatable bonds is 6. The molecule has 0 rings (SSSR count). The normalized spacial score (nSPS) is 14.4. The molecule has 0 bridgehead atoms. The van der Waals surface area contributed by atoms with Crippen molar-refractivity contribution in [3.8, 4) is 0 Å². The second kappa shape index (κ2) is 6.21. The van der Waals surface area contributed by atoms with E-state index in [-0.39, 0.29) is 11.7 Å². The van der Waals surface area contributed by atoms with Gasteiger partial charge in [-0.2, -0.15) is 0 Å². The summed E-state index contributed by atoms with van der Waals surface area (Å²) < 4.78 is 0.612. The molecule has 1 N–H and O–H groups in total. The topological polar surface area (TPSA) is 54.4 Å². The highest BCUT2D eigenvalue weighted by Crippen LogP contribution is 2.45. The van der Waals surface area contributed by atoms with E-state index in [1.807, 2.05) is 41.5 Å². The van der Waals surface area contributed by atoms with E-state index in [4.69, 9.17) is 0 Å². The average molecular weight is 333 g/mol. The molecule has 0 saturated carbocycles. The first-order valence-corrected chi connectivity index (χ1v) is 7.26. The summed E-state index contributed by atoms with van der Waals surface area (Å²) in [4.78, 5) is 23.6. The molecule has 0 aliphatic rings. The fourth-order valence-electron chi connectivity index (χ4n) is 2.06. The summed E-state index contributed by atoms with van der Waals surface area (Å²) in [7, 11) is 0. The van der Waals surface area contributed by atoms with Gasteiger partial charge in [-0.15, -0.1) is 0 Å². The van der Waals surface area contributed by atoms with Crippen molar-refractivity contribution in [2.45, 2.75) is 54.9 Å². The van der Waals surface area contributed by atoms with Crippen molar-refractivity contribution < 1.29 is 14.7 Å². The summed E-state index contributed by atoms with van der Waals surface area (Å²) >= 11 is 3.24. The second-order valence-corrected chi connectivity index (χ2v) is 7.71. The number of hydrogen-bond donors (Lipinski definition) is 1. The van der Waals surface area contributed by atoms with Gasteiger partial charge in [0.1, 0.15) is 5.78 Å². The van der Waals surface area contributed by atoms with Gasteiger partial charge < -0.3 is 5.11 Å². The van der Waals surface area contributed by atoms with Crippen LogP contribution in [-0.2, 0) is 9.59 Å². The largest absolute Gasteiger partial charge is 0.478 e. The van der Waals surface area contributed by atoms with Gasteiger partial charge in [-0.1, -0.05) is 57.5 Å². The first-order chi connectivity index (χ1) is 8.34. The van der Waals surface area contributed by atoms with Crippen molar-refractivity contribution in [1.29, 1.82) is 0 Å². The third-order valence-electron chi connectivity index (χ3n) is 4.13. The zero-order chi connectivity index (χ0) is 15.6. The van der Waals surface area contributed by atoms with Gasteiger partial charge >= 0.3 is 5.97 Å². The Balaban J connectivity index is 5.45. The van der Waals surface area contributed by atoms with Gasteiger partial charge in [0.2, 0.25) is 0 Å². The Bertz CT molecular complexity index is 400. The molecule has 110 valence electrons. The number of carbonyl (C=O) groups is 2. The molecule has 0 spiro atoms. The molecule has 0 aromatic heterocycles. The van der Waals surface area contributed by atoms with Crippen LogP contribution in [0.15, 0.2) is 10.1 Å². The Hall–Kier alpha value is -0.640. The van der Waals surface area contributed by atoms with Crippen molar-refractivity contribution in [1.82, 2.24) is 0 Å². The third kappa shape index (κ3) is 4.16. The van der Waals surface area contributed by atoms with E-state index in [2.05, 4.69) is 15.9 Å². The number of carboxylic acids is 1. The molecule has 0 fully saturated rings. The average Bonchev–Trinajstić information content (AvgIpc) is 2.23. The van der Waals surface area contributed by atoms with Crippen LogP contribution < -0.4 is 0 Å². The lowest BCUT2D eigenvalue weighted by atomic mass is 9.61. The van der Waals surface area contributed by atoms with Gasteiger partial charge in [0.05, 0.1) is 0 Å². The number of hydrogen-bond acceptors (Lipinski definition) is 2. The third-order valence-corrected chi connectivity index (χ3v) is 4.60. The second-order valence-electron chi connectivity index (χ2n) is 6.52. The van der Waals surface area contributed by atoms with E-state index in [9.17, 15) is 14.7 Å². The minimum Gasteiger partial charge on any atom is -0.478 e. The van der Waals surface area contributed by atoms with Gasteiger partial charge in [-0.05, 0) is 18.8 Å². The van der Waals surface area contributed by atoms with Crippen LogP contribution in [-0.4, -0.2) is 16.9 Å². The van der Waals surface area contributed by atoms with E-state index in [1.54, 1.807) is 6.92 Å². The molecule has 0 aromatic rings. The molecule has 3 nitrogen and oxygen atoms in total. The molecule has 0 aromatic carbocycles. The van der Waals surface area contributed by atoms with Crippen molar-refractivity contribution in [2.75, 3.05) is 0 Å². The number of aliphatic carboxylic acids is 1. The lowest BCUT2D eigenvalue weighted by Gasteiger charge is -2.42. The van der Waals surface area contributed by atoms with Crippen molar-refractivity contribution >= 4 is 27.7 Å². The van der Waals surface area contributed by atoms with Crippen molar-refractivity contribution in [2.24, 2.45) is 16.7 Å². The van der Waals surface area contributed by atoms with E-state index < -0.39 is 16.8 Å². The molecular weight excluding hydrogens is 308 g/mol. The fraction of sp³-hybridized carbons (Fsp3) is 0.733. The predicted molar refractivity (Wildman–Crippen MR) is 81.3 cm³/mol. The van der Waals surface area contributed by atoms with Crippen molar-refractivity contribution in [3.05, 3.63) is 10.1 Å². The minimum absolute atomic E-state index is 0.0587. The summed E-state index contributed by atoms with van der Waals surface area (Å²) in [6.45, 7) is 13.2. The zero-order valence-electron chi connectivity index (χ0n) is 12.9. The molecule has 19 heavy (non-hydrogen) atoms. The minimum atomic E-state index is -0.935. The lowest BCUT2D eigenvalue weighted by molar-refractivity contribution is -0.138. The summed E-state index contributed by atoms with van der Waals surface area (Å²) in [6, 6.07) is 0. The number of carbonyl (C=O) groups excluding carboxylic acids is 1. The molecule has 0 radical (unpaired) electrons. The predicted octanol–water partition coefficient (Wildman–Crippen LogP) is 4.41. The maximum Gasteiger partial charge on any atom is 0.332 e. The Morgan fingerprint density at radius 2 is 1.58 bits per heavy atom. The van der Waals surface area contributed by atoms with Gasteiger partial charge in [0, 0.05) is 21.4 Å². The van der Waals surface area contributed by atoms with Crippen LogP contribution in [0.1, 0.15) is 54.9 Å². The van der Waals surface area contributed by atoms with Gasteiger partial charge in [-0.3, -0.25) is 4.79 Å². The maximum absolute atomic E-state index is 12.4. The van der Waals surface area contributed by atoms with Crippen LogP contribution in [0, 0.1) is 16.7 Å². The molecule has 0 unspecified atom stereocenters.